The number of aryl methyl sites for hydroxylation is 1. The maximum atomic E-state index is 9.50. The van der Waals surface area contributed by atoms with Crippen LogP contribution in [0.15, 0.2) is 48.5 Å². The van der Waals surface area contributed by atoms with Gasteiger partial charge in [0.2, 0.25) is 0 Å². The topological polar surface area (TPSA) is 40.5 Å². The average molecular weight is 270 g/mol. The average Bonchev–Trinajstić information content (AvgIpc) is 2.43. The molecule has 0 saturated carbocycles. The van der Waals surface area contributed by atoms with E-state index in [2.05, 4.69) is 31.2 Å². The van der Waals surface area contributed by atoms with Crippen molar-refractivity contribution in [1.82, 2.24) is 0 Å². The Morgan fingerprint density at radius 3 is 2.20 bits per heavy atom. The SMILES string of the molecule is CC(CCCCc1ccccc1)c1cc(O)cc(O)c1. The number of rotatable bonds is 6. The molecule has 0 saturated heterocycles. The van der Waals surface area contributed by atoms with E-state index >= 15 is 0 Å². The molecule has 0 spiro atoms. The first-order valence-corrected chi connectivity index (χ1v) is 7.22. The maximum Gasteiger partial charge on any atom is 0.119 e. The van der Waals surface area contributed by atoms with Crippen LogP contribution >= 0.6 is 0 Å². The van der Waals surface area contributed by atoms with Crippen molar-refractivity contribution < 1.29 is 10.2 Å². The molecule has 0 aliphatic heterocycles. The second kappa shape index (κ2) is 6.99. The molecule has 2 rings (SSSR count). The van der Waals surface area contributed by atoms with Gasteiger partial charge in [-0.25, -0.2) is 0 Å². The summed E-state index contributed by atoms with van der Waals surface area (Å²) in [5.74, 6) is 0.621. The highest BCUT2D eigenvalue weighted by atomic mass is 16.3. The van der Waals surface area contributed by atoms with E-state index in [9.17, 15) is 10.2 Å². The molecule has 20 heavy (non-hydrogen) atoms. The van der Waals surface area contributed by atoms with Crippen LogP contribution in [0.5, 0.6) is 11.5 Å². The van der Waals surface area contributed by atoms with Gasteiger partial charge in [-0.2, -0.15) is 0 Å². The van der Waals surface area contributed by atoms with Crippen LogP contribution in [0.4, 0.5) is 0 Å². The van der Waals surface area contributed by atoms with Gasteiger partial charge < -0.3 is 10.2 Å². The Bertz CT molecular complexity index is 514. The number of benzene rings is 2. The normalized spacial score (nSPS) is 12.2. The van der Waals surface area contributed by atoms with Gasteiger partial charge in [-0.1, -0.05) is 43.7 Å². The van der Waals surface area contributed by atoms with Crippen LogP contribution in [-0.2, 0) is 6.42 Å². The lowest BCUT2D eigenvalue weighted by atomic mass is 9.94. The van der Waals surface area contributed by atoms with Gasteiger partial charge in [0, 0.05) is 6.07 Å². The van der Waals surface area contributed by atoms with E-state index in [-0.39, 0.29) is 11.5 Å². The summed E-state index contributed by atoms with van der Waals surface area (Å²) >= 11 is 0. The molecular weight excluding hydrogens is 248 g/mol. The quantitative estimate of drug-likeness (QED) is 0.752. The van der Waals surface area contributed by atoms with E-state index in [0.717, 1.165) is 24.8 Å². The zero-order valence-corrected chi connectivity index (χ0v) is 11.9. The van der Waals surface area contributed by atoms with E-state index in [1.54, 1.807) is 12.1 Å². The number of unbranched alkanes of at least 4 members (excludes halogenated alkanes) is 1. The standard InChI is InChI=1S/C18H22O2/c1-14(16-11-17(19)13-18(20)12-16)7-5-6-10-15-8-3-2-4-9-15/h2-4,8-9,11-14,19-20H,5-7,10H2,1H3. The van der Waals surface area contributed by atoms with Gasteiger partial charge in [0.1, 0.15) is 11.5 Å². The highest BCUT2D eigenvalue weighted by molar-refractivity contribution is 5.38. The smallest absolute Gasteiger partial charge is 0.119 e. The Morgan fingerprint density at radius 1 is 0.900 bits per heavy atom. The molecule has 0 aliphatic carbocycles. The van der Waals surface area contributed by atoms with Crippen LogP contribution < -0.4 is 0 Å². The Kier molecular flexibility index (Phi) is 5.05. The minimum Gasteiger partial charge on any atom is -0.508 e. The number of hydrogen-bond donors (Lipinski definition) is 2. The molecule has 0 fully saturated rings. The van der Waals surface area contributed by atoms with Crippen molar-refractivity contribution in [3.05, 3.63) is 59.7 Å². The molecule has 0 amide bonds. The van der Waals surface area contributed by atoms with Crippen molar-refractivity contribution in [3.63, 3.8) is 0 Å². The second-order valence-corrected chi connectivity index (χ2v) is 5.42. The van der Waals surface area contributed by atoms with E-state index in [1.807, 2.05) is 6.07 Å². The molecule has 0 aromatic heterocycles. The molecule has 2 heteroatoms. The van der Waals surface area contributed by atoms with Crippen molar-refractivity contribution in [2.24, 2.45) is 0 Å². The highest BCUT2D eigenvalue weighted by Gasteiger charge is 2.08. The Morgan fingerprint density at radius 2 is 1.55 bits per heavy atom. The monoisotopic (exact) mass is 270 g/mol. The van der Waals surface area contributed by atoms with Gasteiger partial charge in [-0.3, -0.25) is 0 Å². The van der Waals surface area contributed by atoms with Crippen molar-refractivity contribution in [3.8, 4) is 11.5 Å². The third kappa shape index (κ3) is 4.30. The predicted molar refractivity (Wildman–Crippen MR) is 82.2 cm³/mol. The van der Waals surface area contributed by atoms with E-state index in [1.165, 1.54) is 18.1 Å². The zero-order chi connectivity index (χ0) is 14.4. The summed E-state index contributed by atoms with van der Waals surface area (Å²) in [6.45, 7) is 2.14. The molecule has 0 aliphatic rings. The predicted octanol–water partition coefficient (Wildman–Crippen LogP) is 4.61. The van der Waals surface area contributed by atoms with E-state index in [4.69, 9.17) is 0 Å². The first-order valence-electron chi connectivity index (χ1n) is 7.22. The number of aromatic hydroxyl groups is 2. The largest absolute Gasteiger partial charge is 0.508 e. The fraction of sp³-hybridized carbons (Fsp3) is 0.333. The fourth-order valence-corrected chi connectivity index (χ4v) is 2.49. The van der Waals surface area contributed by atoms with Crippen molar-refractivity contribution >= 4 is 0 Å². The summed E-state index contributed by atoms with van der Waals surface area (Å²) < 4.78 is 0. The van der Waals surface area contributed by atoms with Gasteiger partial charge in [-0.05, 0) is 48.4 Å². The minimum atomic E-state index is 0.135. The van der Waals surface area contributed by atoms with Crippen LogP contribution in [0, 0.1) is 0 Å². The van der Waals surface area contributed by atoms with Gasteiger partial charge in [-0.15, -0.1) is 0 Å². The summed E-state index contributed by atoms with van der Waals surface area (Å²) in [6.07, 6.45) is 4.49. The minimum absolute atomic E-state index is 0.135. The van der Waals surface area contributed by atoms with Crippen LogP contribution in [0.25, 0.3) is 0 Å². The summed E-state index contributed by atoms with van der Waals surface area (Å²) in [5, 5.41) is 19.0. The molecule has 0 heterocycles. The van der Waals surface area contributed by atoms with Crippen LogP contribution in [-0.4, -0.2) is 10.2 Å². The van der Waals surface area contributed by atoms with E-state index in [0.29, 0.717) is 5.92 Å². The first kappa shape index (κ1) is 14.4. The number of hydrogen-bond acceptors (Lipinski definition) is 2. The molecule has 106 valence electrons. The molecular formula is C18H22O2. The molecule has 1 unspecified atom stereocenters. The molecule has 1 atom stereocenters. The lowest BCUT2D eigenvalue weighted by molar-refractivity contribution is 0.447. The zero-order valence-electron chi connectivity index (χ0n) is 11.9. The Balaban J connectivity index is 1.79. The van der Waals surface area contributed by atoms with Gasteiger partial charge >= 0.3 is 0 Å². The summed E-state index contributed by atoms with van der Waals surface area (Å²) in [6, 6.07) is 15.4. The molecule has 2 N–H and O–H groups in total. The van der Waals surface area contributed by atoms with E-state index < -0.39 is 0 Å². The molecule has 2 aromatic carbocycles. The third-order valence-corrected chi connectivity index (χ3v) is 3.69. The lowest BCUT2D eigenvalue weighted by Crippen LogP contribution is -1.94. The molecule has 0 radical (unpaired) electrons. The fourth-order valence-electron chi connectivity index (χ4n) is 2.49. The van der Waals surface area contributed by atoms with Gasteiger partial charge in [0.25, 0.3) is 0 Å². The van der Waals surface area contributed by atoms with Gasteiger partial charge in [0.05, 0.1) is 0 Å². The summed E-state index contributed by atoms with van der Waals surface area (Å²) in [5.41, 5.74) is 2.39. The van der Waals surface area contributed by atoms with Crippen LogP contribution in [0.3, 0.4) is 0 Å². The van der Waals surface area contributed by atoms with Crippen LogP contribution in [0.1, 0.15) is 43.2 Å². The maximum absolute atomic E-state index is 9.50. The molecule has 0 bridgehead atoms. The van der Waals surface area contributed by atoms with Crippen LogP contribution in [0.2, 0.25) is 0 Å². The second-order valence-electron chi connectivity index (χ2n) is 5.42. The van der Waals surface area contributed by atoms with Gasteiger partial charge in [0.15, 0.2) is 0 Å². The lowest BCUT2D eigenvalue weighted by Gasteiger charge is -2.12. The first-order chi connectivity index (χ1) is 9.65. The van der Waals surface area contributed by atoms with Crippen molar-refractivity contribution in [2.45, 2.75) is 38.5 Å². The summed E-state index contributed by atoms with van der Waals surface area (Å²) in [4.78, 5) is 0. The third-order valence-electron chi connectivity index (χ3n) is 3.69. The Labute approximate surface area is 120 Å². The number of phenols is 2. The molecule has 2 aromatic rings. The summed E-state index contributed by atoms with van der Waals surface area (Å²) in [7, 11) is 0. The Hall–Kier alpha value is -1.96. The number of phenolic OH excluding ortho intramolecular Hbond substituents is 2. The van der Waals surface area contributed by atoms with Crippen molar-refractivity contribution in [2.75, 3.05) is 0 Å². The highest BCUT2D eigenvalue weighted by Crippen LogP contribution is 2.28. The van der Waals surface area contributed by atoms with Crippen molar-refractivity contribution in [1.29, 1.82) is 0 Å². The molecule has 2 nitrogen and oxygen atoms in total.